The van der Waals surface area contributed by atoms with Gasteiger partial charge in [0.05, 0.1) is 12.1 Å². The van der Waals surface area contributed by atoms with Crippen LogP contribution in [-0.4, -0.2) is 48.8 Å². The second-order valence-corrected chi connectivity index (χ2v) is 6.81. The fraction of sp³-hybridized carbons (Fsp3) is 0.500. The maximum atomic E-state index is 13.9. The Balaban J connectivity index is 1.92. The van der Waals surface area contributed by atoms with Crippen LogP contribution in [0.25, 0.3) is 10.9 Å². The maximum absolute atomic E-state index is 13.9. The van der Waals surface area contributed by atoms with Crippen LogP contribution in [0.1, 0.15) is 24.1 Å². The Labute approximate surface area is 149 Å². The molecule has 0 saturated carbocycles. The Kier molecular flexibility index (Phi) is 5.07. The molecule has 1 saturated heterocycles. The molecule has 1 aromatic heterocycles. The van der Waals surface area contributed by atoms with Crippen molar-refractivity contribution in [2.75, 3.05) is 37.6 Å². The van der Waals surface area contributed by atoms with Gasteiger partial charge in [-0.2, -0.15) is 13.2 Å². The highest BCUT2D eigenvalue weighted by Crippen LogP contribution is 2.30. The minimum absolute atomic E-state index is 0.291. The molecule has 26 heavy (non-hydrogen) atoms. The second kappa shape index (κ2) is 7.00. The number of rotatable bonds is 3. The van der Waals surface area contributed by atoms with Crippen LogP contribution >= 0.6 is 0 Å². The van der Waals surface area contributed by atoms with Gasteiger partial charge in [0.15, 0.2) is 0 Å². The van der Waals surface area contributed by atoms with E-state index in [1.807, 2.05) is 17.9 Å². The number of piperazine rings is 1. The molecule has 0 radical (unpaired) electrons. The van der Waals surface area contributed by atoms with E-state index in [9.17, 15) is 17.6 Å². The van der Waals surface area contributed by atoms with E-state index in [0.717, 1.165) is 10.9 Å². The molecule has 4 nitrogen and oxygen atoms in total. The van der Waals surface area contributed by atoms with E-state index >= 15 is 0 Å². The maximum Gasteiger partial charge on any atom is 0.401 e. The molecular formula is C18H22F4N4. The van der Waals surface area contributed by atoms with Crippen molar-refractivity contribution in [2.24, 2.45) is 5.73 Å². The molecule has 0 spiro atoms. The average Bonchev–Trinajstić information content (AvgIpc) is 2.56. The van der Waals surface area contributed by atoms with Gasteiger partial charge in [0.1, 0.15) is 11.6 Å². The summed E-state index contributed by atoms with van der Waals surface area (Å²) in [5.74, 6) is 0.298. The first-order chi connectivity index (χ1) is 12.2. The summed E-state index contributed by atoms with van der Waals surface area (Å²) in [5, 5.41) is 0.802. The highest BCUT2D eigenvalue weighted by molar-refractivity contribution is 5.85. The smallest absolute Gasteiger partial charge is 0.354 e. The molecule has 8 heteroatoms. The zero-order valence-corrected chi connectivity index (χ0v) is 14.8. The Morgan fingerprint density at radius 2 is 1.85 bits per heavy atom. The summed E-state index contributed by atoms with van der Waals surface area (Å²) in [6.45, 7) is 4.02. The molecule has 2 aromatic rings. The van der Waals surface area contributed by atoms with Gasteiger partial charge in [0.2, 0.25) is 0 Å². The standard InChI is InChI=1S/C18H22F4N4/c1-11-15(19)4-3-13-9-14(12(2)23)17(24-16(11)13)26-7-5-25(6-8-26)10-18(20,21)22/h3-4,9,12H,5-8,10,23H2,1-2H3/t12-/m0/s1. The summed E-state index contributed by atoms with van der Waals surface area (Å²) in [6.07, 6.45) is -4.20. The minimum Gasteiger partial charge on any atom is -0.354 e. The van der Waals surface area contributed by atoms with Gasteiger partial charge in [-0.05, 0) is 32.0 Å². The van der Waals surface area contributed by atoms with Gasteiger partial charge in [0.25, 0.3) is 0 Å². The van der Waals surface area contributed by atoms with E-state index in [-0.39, 0.29) is 11.9 Å². The number of nitrogens with zero attached hydrogens (tertiary/aromatic N) is 3. The van der Waals surface area contributed by atoms with Crippen molar-refractivity contribution in [3.8, 4) is 0 Å². The minimum atomic E-state index is -4.20. The molecule has 2 N–H and O–H groups in total. The number of aromatic nitrogens is 1. The lowest BCUT2D eigenvalue weighted by Crippen LogP contribution is -2.49. The number of halogens is 4. The molecule has 1 fully saturated rings. The van der Waals surface area contributed by atoms with E-state index in [0.29, 0.717) is 43.1 Å². The number of alkyl halides is 3. The second-order valence-electron chi connectivity index (χ2n) is 6.81. The molecule has 2 heterocycles. The monoisotopic (exact) mass is 370 g/mol. The summed E-state index contributed by atoms with van der Waals surface area (Å²) in [7, 11) is 0. The van der Waals surface area contributed by atoms with Crippen LogP contribution in [0.4, 0.5) is 23.4 Å². The summed E-state index contributed by atoms with van der Waals surface area (Å²) in [5.41, 5.74) is 7.92. The predicted molar refractivity (Wildman–Crippen MR) is 93.7 cm³/mol. The number of hydrogen-bond acceptors (Lipinski definition) is 4. The number of nitrogens with two attached hydrogens (primary N) is 1. The van der Waals surface area contributed by atoms with Gasteiger partial charge in [-0.15, -0.1) is 0 Å². The molecule has 0 amide bonds. The van der Waals surface area contributed by atoms with Crippen molar-refractivity contribution >= 4 is 16.7 Å². The van der Waals surface area contributed by atoms with Crippen molar-refractivity contribution in [2.45, 2.75) is 26.1 Å². The van der Waals surface area contributed by atoms with E-state index < -0.39 is 12.7 Å². The van der Waals surface area contributed by atoms with Crippen molar-refractivity contribution in [1.82, 2.24) is 9.88 Å². The van der Waals surface area contributed by atoms with Crippen LogP contribution in [0.5, 0.6) is 0 Å². The van der Waals surface area contributed by atoms with Gasteiger partial charge in [0, 0.05) is 48.7 Å². The SMILES string of the molecule is Cc1c(F)ccc2cc([C@H](C)N)c(N3CCN(CC(F)(F)F)CC3)nc12. The summed E-state index contributed by atoms with van der Waals surface area (Å²) in [6, 6.07) is 4.68. The zero-order chi connectivity index (χ0) is 19.1. The van der Waals surface area contributed by atoms with Gasteiger partial charge >= 0.3 is 6.18 Å². The highest BCUT2D eigenvalue weighted by Gasteiger charge is 2.32. The number of benzene rings is 1. The molecule has 1 aliphatic heterocycles. The average molecular weight is 370 g/mol. The van der Waals surface area contributed by atoms with Crippen LogP contribution in [0.3, 0.4) is 0 Å². The van der Waals surface area contributed by atoms with E-state index in [1.54, 1.807) is 13.0 Å². The first kappa shape index (κ1) is 18.8. The van der Waals surface area contributed by atoms with Crippen LogP contribution in [-0.2, 0) is 0 Å². The van der Waals surface area contributed by atoms with Crippen LogP contribution in [0.2, 0.25) is 0 Å². The topological polar surface area (TPSA) is 45.4 Å². The molecular weight excluding hydrogens is 348 g/mol. The lowest BCUT2D eigenvalue weighted by atomic mass is 10.0. The van der Waals surface area contributed by atoms with Gasteiger partial charge in [-0.1, -0.05) is 0 Å². The van der Waals surface area contributed by atoms with Crippen molar-refractivity contribution in [3.05, 3.63) is 35.1 Å². The van der Waals surface area contributed by atoms with E-state index in [2.05, 4.69) is 4.98 Å². The fourth-order valence-electron chi connectivity index (χ4n) is 3.32. The van der Waals surface area contributed by atoms with Crippen LogP contribution in [0, 0.1) is 12.7 Å². The number of anilines is 1. The van der Waals surface area contributed by atoms with Gasteiger partial charge < -0.3 is 10.6 Å². The summed E-state index contributed by atoms with van der Waals surface area (Å²) in [4.78, 5) is 7.97. The molecule has 142 valence electrons. The van der Waals surface area contributed by atoms with Crippen LogP contribution in [0.15, 0.2) is 18.2 Å². The van der Waals surface area contributed by atoms with E-state index in [4.69, 9.17) is 5.73 Å². The molecule has 3 rings (SSSR count). The predicted octanol–water partition coefficient (Wildman–Crippen LogP) is 3.39. The number of aryl methyl sites for hydroxylation is 1. The van der Waals surface area contributed by atoms with Crippen molar-refractivity contribution in [3.63, 3.8) is 0 Å². The summed E-state index contributed by atoms with van der Waals surface area (Å²) >= 11 is 0. The third-order valence-corrected chi connectivity index (χ3v) is 4.75. The molecule has 1 atom stereocenters. The number of fused-ring (bicyclic) bond motifs is 1. The quantitative estimate of drug-likeness (QED) is 0.842. The molecule has 0 aliphatic carbocycles. The van der Waals surface area contributed by atoms with Gasteiger partial charge in [-0.3, -0.25) is 4.90 Å². The fourth-order valence-corrected chi connectivity index (χ4v) is 3.32. The number of pyridine rings is 1. The molecule has 0 unspecified atom stereocenters. The Bertz CT molecular complexity index is 796. The Morgan fingerprint density at radius 1 is 1.19 bits per heavy atom. The van der Waals surface area contributed by atoms with Crippen molar-refractivity contribution in [1.29, 1.82) is 0 Å². The third-order valence-electron chi connectivity index (χ3n) is 4.75. The third kappa shape index (κ3) is 3.91. The van der Waals surface area contributed by atoms with Gasteiger partial charge in [-0.25, -0.2) is 9.37 Å². The van der Waals surface area contributed by atoms with Crippen LogP contribution < -0.4 is 10.6 Å². The summed E-state index contributed by atoms with van der Waals surface area (Å²) < 4.78 is 51.6. The molecule has 0 bridgehead atoms. The number of hydrogen-bond donors (Lipinski definition) is 1. The largest absolute Gasteiger partial charge is 0.401 e. The highest BCUT2D eigenvalue weighted by atomic mass is 19.4. The normalized spacial score (nSPS) is 17.7. The first-order valence-corrected chi connectivity index (χ1v) is 8.55. The Hall–Kier alpha value is -1.93. The van der Waals surface area contributed by atoms with E-state index in [1.165, 1.54) is 11.0 Å². The first-order valence-electron chi connectivity index (χ1n) is 8.55. The Morgan fingerprint density at radius 3 is 2.42 bits per heavy atom. The van der Waals surface area contributed by atoms with Crippen molar-refractivity contribution < 1.29 is 17.6 Å². The molecule has 1 aliphatic rings. The zero-order valence-electron chi connectivity index (χ0n) is 14.8. The lowest BCUT2D eigenvalue weighted by molar-refractivity contribution is -0.146. The molecule has 1 aromatic carbocycles. The lowest BCUT2D eigenvalue weighted by Gasteiger charge is -2.37.